The van der Waals surface area contributed by atoms with Gasteiger partial charge in [0.25, 0.3) is 0 Å². The van der Waals surface area contributed by atoms with Gasteiger partial charge >= 0.3 is 5.69 Å². The van der Waals surface area contributed by atoms with Gasteiger partial charge in [0, 0.05) is 6.07 Å². The molecule has 2 aromatic carbocycles. The van der Waals surface area contributed by atoms with Gasteiger partial charge in [0.15, 0.2) is 5.75 Å². The van der Waals surface area contributed by atoms with Crippen LogP contribution in [0.25, 0.3) is 0 Å². The summed E-state index contributed by atoms with van der Waals surface area (Å²) in [5.41, 5.74) is 5.51. The predicted octanol–water partition coefficient (Wildman–Crippen LogP) is 4.72. The number of hydrogen-bond donors (Lipinski definition) is 1. The Morgan fingerprint density at radius 3 is 1.96 bits per heavy atom. The lowest BCUT2D eigenvalue weighted by molar-refractivity contribution is -0.386. The van der Waals surface area contributed by atoms with Crippen molar-refractivity contribution < 1.29 is 23.2 Å². The van der Waals surface area contributed by atoms with Crippen LogP contribution >= 0.6 is 0 Å². The van der Waals surface area contributed by atoms with Gasteiger partial charge in [-0.05, 0) is 37.1 Å². The molecule has 0 aliphatic carbocycles. The fourth-order valence-corrected chi connectivity index (χ4v) is 1.83. The zero-order valence-corrected chi connectivity index (χ0v) is 14.7. The lowest BCUT2D eigenvalue weighted by Gasteiger charge is -2.06. The van der Waals surface area contributed by atoms with Crippen LogP contribution in [0.4, 0.5) is 20.2 Å². The number of nitrogens with zero attached hydrogens (tertiary/aromatic N) is 1. The minimum Gasteiger partial charge on any atom is -0.491 e. The topological polar surface area (TPSA) is 87.6 Å². The second-order valence-electron chi connectivity index (χ2n) is 5.25. The van der Waals surface area contributed by atoms with Crippen LogP contribution in [0.2, 0.25) is 0 Å². The molecule has 0 fully saturated rings. The largest absolute Gasteiger partial charge is 0.491 e. The summed E-state index contributed by atoms with van der Waals surface area (Å²) in [6.45, 7) is 4.87. The number of anilines is 1. The summed E-state index contributed by atoms with van der Waals surface area (Å²) in [6.07, 6.45) is 1.66. The molecule has 0 saturated heterocycles. The maximum absolute atomic E-state index is 12.7. The van der Waals surface area contributed by atoms with E-state index in [1.807, 2.05) is 13.8 Å². The molecule has 0 unspecified atom stereocenters. The van der Waals surface area contributed by atoms with Crippen LogP contribution in [0.1, 0.15) is 26.7 Å². The van der Waals surface area contributed by atoms with Crippen LogP contribution in [0.15, 0.2) is 36.4 Å². The van der Waals surface area contributed by atoms with Crippen molar-refractivity contribution in [2.24, 2.45) is 0 Å². The summed E-state index contributed by atoms with van der Waals surface area (Å²) in [5, 5.41) is 10.5. The van der Waals surface area contributed by atoms with Gasteiger partial charge in [-0.3, -0.25) is 10.1 Å². The molecule has 0 aliphatic heterocycles. The van der Waals surface area contributed by atoms with Crippen molar-refractivity contribution in [3.05, 3.63) is 58.1 Å². The molecule has 26 heavy (non-hydrogen) atoms. The molecule has 0 amide bonds. The molecule has 0 atom stereocenters. The Kier molecular flexibility index (Phi) is 8.83. The first-order valence-electron chi connectivity index (χ1n) is 8.13. The Balaban J connectivity index is 0.000000263. The van der Waals surface area contributed by atoms with Crippen LogP contribution in [-0.2, 0) is 0 Å². The van der Waals surface area contributed by atoms with Gasteiger partial charge in [-0.25, -0.2) is 8.78 Å². The van der Waals surface area contributed by atoms with Crippen LogP contribution in [-0.4, -0.2) is 18.1 Å². The molecule has 0 aliphatic rings. The van der Waals surface area contributed by atoms with E-state index >= 15 is 0 Å². The molecule has 6 nitrogen and oxygen atoms in total. The number of nitrogens with two attached hydrogens (primary N) is 1. The van der Waals surface area contributed by atoms with E-state index in [1.54, 1.807) is 6.07 Å². The van der Waals surface area contributed by atoms with Crippen LogP contribution in [0.5, 0.6) is 11.5 Å². The third kappa shape index (κ3) is 6.92. The summed E-state index contributed by atoms with van der Waals surface area (Å²) < 4.78 is 35.5. The van der Waals surface area contributed by atoms with Crippen molar-refractivity contribution in [1.29, 1.82) is 0 Å². The van der Waals surface area contributed by atoms with E-state index in [1.165, 1.54) is 18.2 Å². The molecular weight excluding hydrogens is 346 g/mol. The number of rotatable bonds is 7. The molecular formula is C18H22F2N2O4. The van der Waals surface area contributed by atoms with E-state index in [0.717, 1.165) is 25.0 Å². The maximum atomic E-state index is 12.7. The number of halogens is 2. The van der Waals surface area contributed by atoms with E-state index in [4.69, 9.17) is 15.2 Å². The fourth-order valence-electron chi connectivity index (χ4n) is 1.83. The van der Waals surface area contributed by atoms with Crippen molar-refractivity contribution in [2.75, 3.05) is 18.9 Å². The highest BCUT2D eigenvalue weighted by atomic mass is 19.1. The molecule has 8 heteroatoms. The van der Waals surface area contributed by atoms with E-state index in [9.17, 15) is 18.9 Å². The SMILES string of the molecule is CCCOc1ccc(F)cc1N.CCCOc1ccc(F)cc1[N+](=O)[O-]. The number of nitrogen functional groups attached to an aromatic ring is 1. The van der Waals surface area contributed by atoms with E-state index in [2.05, 4.69) is 0 Å². The number of nitro benzene ring substituents is 1. The van der Waals surface area contributed by atoms with E-state index in [-0.39, 0.29) is 17.3 Å². The summed E-state index contributed by atoms with van der Waals surface area (Å²) in [7, 11) is 0. The normalized spacial score (nSPS) is 9.85. The molecule has 2 N–H and O–H groups in total. The zero-order chi connectivity index (χ0) is 19.5. The minimum absolute atomic E-state index is 0.109. The predicted molar refractivity (Wildman–Crippen MR) is 95.4 cm³/mol. The van der Waals surface area contributed by atoms with Crippen molar-refractivity contribution >= 4 is 11.4 Å². The highest BCUT2D eigenvalue weighted by Crippen LogP contribution is 2.27. The first kappa shape index (κ1) is 21.1. The van der Waals surface area contributed by atoms with Gasteiger partial charge in [0.1, 0.15) is 17.4 Å². The van der Waals surface area contributed by atoms with Crippen molar-refractivity contribution in [3.63, 3.8) is 0 Å². The first-order valence-corrected chi connectivity index (χ1v) is 8.13. The Morgan fingerprint density at radius 1 is 0.962 bits per heavy atom. The standard InChI is InChI=1S/C9H10FNO3.C9H12FNO/c1-2-5-14-9-4-3-7(10)6-8(9)11(12)13;1-2-5-12-9-4-3-7(10)6-8(9)11/h3-4,6H,2,5H2,1H3;3-4,6H,2,5,11H2,1H3. The van der Waals surface area contributed by atoms with Gasteiger partial charge in [-0.15, -0.1) is 0 Å². The number of ether oxygens (including phenoxy) is 2. The van der Waals surface area contributed by atoms with Gasteiger partial charge in [-0.1, -0.05) is 13.8 Å². The minimum atomic E-state index is -0.659. The summed E-state index contributed by atoms with van der Waals surface area (Å²) in [4.78, 5) is 9.84. The van der Waals surface area contributed by atoms with Gasteiger partial charge in [0.2, 0.25) is 0 Å². The molecule has 142 valence electrons. The van der Waals surface area contributed by atoms with Crippen LogP contribution in [0.3, 0.4) is 0 Å². The second kappa shape index (κ2) is 10.9. The Labute approximate surface area is 150 Å². The summed E-state index contributed by atoms with van der Waals surface area (Å²) >= 11 is 0. The van der Waals surface area contributed by atoms with Crippen LogP contribution < -0.4 is 15.2 Å². The molecule has 0 radical (unpaired) electrons. The summed E-state index contributed by atoms with van der Waals surface area (Å²) in [6, 6.07) is 7.39. The molecule has 0 spiro atoms. The average molecular weight is 368 g/mol. The van der Waals surface area contributed by atoms with Crippen LogP contribution in [0, 0.1) is 21.7 Å². The average Bonchev–Trinajstić information content (AvgIpc) is 2.60. The highest BCUT2D eigenvalue weighted by molar-refractivity contribution is 5.52. The molecule has 0 bridgehead atoms. The van der Waals surface area contributed by atoms with Crippen molar-refractivity contribution in [2.45, 2.75) is 26.7 Å². The maximum Gasteiger partial charge on any atom is 0.313 e. The van der Waals surface area contributed by atoms with Gasteiger partial charge in [-0.2, -0.15) is 0 Å². The Hall–Kier alpha value is -2.90. The third-order valence-electron chi connectivity index (χ3n) is 3.01. The zero-order valence-electron chi connectivity index (χ0n) is 14.7. The Morgan fingerprint density at radius 2 is 1.46 bits per heavy atom. The molecule has 2 aromatic rings. The number of hydrogen-bond acceptors (Lipinski definition) is 5. The molecule has 2 rings (SSSR count). The van der Waals surface area contributed by atoms with Crippen molar-refractivity contribution in [3.8, 4) is 11.5 Å². The lowest BCUT2D eigenvalue weighted by Crippen LogP contribution is -1.99. The first-order chi connectivity index (χ1) is 12.4. The lowest BCUT2D eigenvalue weighted by atomic mass is 10.3. The number of nitro groups is 1. The van der Waals surface area contributed by atoms with Gasteiger partial charge in [0.05, 0.1) is 29.9 Å². The quantitative estimate of drug-likeness (QED) is 0.434. The Bertz CT molecular complexity index is 726. The molecule has 0 heterocycles. The smallest absolute Gasteiger partial charge is 0.313 e. The highest BCUT2D eigenvalue weighted by Gasteiger charge is 2.15. The molecule has 0 aromatic heterocycles. The van der Waals surface area contributed by atoms with E-state index in [0.29, 0.717) is 24.7 Å². The van der Waals surface area contributed by atoms with Gasteiger partial charge < -0.3 is 15.2 Å². The number of benzene rings is 2. The molecule has 0 saturated carbocycles. The summed E-state index contributed by atoms with van der Waals surface area (Å²) in [5.74, 6) is -0.312. The van der Waals surface area contributed by atoms with Crippen molar-refractivity contribution in [1.82, 2.24) is 0 Å². The monoisotopic (exact) mass is 368 g/mol. The van der Waals surface area contributed by atoms with E-state index < -0.39 is 10.7 Å². The third-order valence-corrected chi connectivity index (χ3v) is 3.01. The second-order valence-corrected chi connectivity index (χ2v) is 5.25. The fraction of sp³-hybridized carbons (Fsp3) is 0.333.